The molecular weight excluding hydrogens is 156 g/mol. The molecule has 0 atom stereocenters. The second kappa shape index (κ2) is 14.3. The summed E-state index contributed by atoms with van der Waals surface area (Å²) in [5.41, 5.74) is 0. The highest BCUT2D eigenvalue weighted by Crippen LogP contribution is 2.25. The van der Waals surface area contributed by atoms with Gasteiger partial charge in [0, 0.05) is 0 Å². The van der Waals surface area contributed by atoms with Crippen molar-refractivity contribution >= 4 is 0 Å². The Morgan fingerprint density at radius 3 is 1.77 bits per heavy atom. The van der Waals surface area contributed by atoms with Crippen molar-refractivity contribution in [3.8, 4) is 0 Å². The molecule has 0 nitrogen and oxygen atoms in total. The van der Waals surface area contributed by atoms with Crippen LogP contribution in [-0.2, 0) is 0 Å². The van der Waals surface area contributed by atoms with Crippen molar-refractivity contribution in [2.75, 3.05) is 0 Å². The van der Waals surface area contributed by atoms with Gasteiger partial charge >= 0.3 is 0 Å². The Hall–Kier alpha value is -0.260. The topological polar surface area (TPSA) is 0 Å². The Morgan fingerprint density at radius 2 is 1.54 bits per heavy atom. The Kier molecular flexibility index (Phi) is 16.7. The average Bonchev–Trinajstić information content (AvgIpc) is 2.23. The van der Waals surface area contributed by atoms with Crippen molar-refractivity contribution in [3.63, 3.8) is 0 Å². The smallest absolute Gasteiger partial charge is 0.0417 e. The summed E-state index contributed by atoms with van der Waals surface area (Å²) in [6.07, 6.45) is 10.7. The van der Waals surface area contributed by atoms with E-state index < -0.39 is 0 Å². The first-order valence-electron chi connectivity index (χ1n) is 5.92. The summed E-state index contributed by atoms with van der Waals surface area (Å²) >= 11 is 0. The summed E-state index contributed by atoms with van der Waals surface area (Å²) < 4.78 is 0. The number of allylic oxidation sites excluding steroid dienone is 1. The van der Waals surface area contributed by atoms with E-state index in [0.29, 0.717) is 0 Å². The molecule has 0 saturated heterocycles. The molecule has 1 saturated carbocycles. The maximum Gasteiger partial charge on any atom is -0.0417 e. The quantitative estimate of drug-likeness (QED) is 0.492. The minimum atomic E-state index is 1.09. The molecule has 0 heteroatoms. The standard InChI is InChI=1S/C8H16.C3H6.C2H6/c1-2-8-6-4-3-5-7-8;1-3-2;1-2/h8H,2-7H2,1H3;3H,1H2,2H3;1-2H3. The highest BCUT2D eigenvalue weighted by molar-refractivity contribution is 4.63. The summed E-state index contributed by atoms with van der Waals surface area (Å²) in [5.74, 6) is 1.09. The molecule has 0 aromatic heterocycles. The van der Waals surface area contributed by atoms with Crippen LogP contribution in [-0.4, -0.2) is 0 Å². The van der Waals surface area contributed by atoms with E-state index in [9.17, 15) is 0 Å². The molecule has 0 unspecified atom stereocenters. The summed E-state index contributed by atoms with van der Waals surface area (Å²) in [4.78, 5) is 0. The van der Waals surface area contributed by atoms with Gasteiger partial charge in [0.05, 0.1) is 0 Å². The summed E-state index contributed by atoms with van der Waals surface area (Å²) in [6.45, 7) is 11.6. The van der Waals surface area contributed by atoms with Crippen LogP contribution in [0.4, 0.5) is 0 Å². The Morgan fingerprint density at radius 1 is 1.15 bits per heavy atom. The molecule has 0 spiro atoms. The van der Waals surface area contributed by atoms with Crippen molar-refractivity contribution in [3.05, 3.63) is 12.7 Å². The maximum atomic E-state index is 3.36. The first kappa shape index (κ1) is 15.2. The highest BCUT2D eigenvalue weighted by atomic mass is 14.2. The average molecular weight is 184 g/mol. The molecule has 0 aromatic carbocycles. The van der Waals surface area contributed by atoms with Crippen LogP contribution >= 0.6 is 0 Å². The molecule has 0 bridgehead atoms. The molecule has 0 N–H and O–H groups in total. The van der Waals surface area contributed by atoms with Crippen molar-refractivity contribution in [2.45, 2.75) is 66.2 Å². The molecule has 0 aromatic rings. The fraction of sp³-hybridized carbons (Fsp3) is 0.846. The van der Waals surface area contributed by atoms with Crippen LogP contribution in [0.3, 0.4) is 0 Å². The van der Waals surface area contributed by atoms with Crippen LogP contribution in [0.25, 0.3) is 0 Å². The molecule has 0 heterocycles. The fourth-order valence-corrected chi connectivity index (χ4v) is 1.60. The lowest BCUT2D eigenvalue weighted by Crippen LogP contribution is -2.03. The Labute approximate surface area is 85.4 Å². The third kappa shape index (κ3) is 11.7. The lowest BCUT2D eigenvalue weighted by molar-refractivity contribution is 0.349. The summed E-state index contributed by atoms with van der Waals surface area (Å²) in [7, 11) is 0. The summed E-state index contributed by atoms with van der Waals surface area (Å²) in [5, 5.41) is 0. The van der Waals surface area contributed by atoms with Gasteiger partial charge in [-0.1, -0.05) is 65.4 Å². The predicted octanol–water partition coefficient (Wildman–Crippen LogP) is 5.20. The van der Waals surface area contributed by atoms with Crippen LogP contribution in [0.1, 0.15) is 66.2 Å². The van der Waals surface area contributed by atoms with E-state index in [1.807, 2.05) is 20.8 Å². The van der Waals surface area contributed by atoms with Crippen LogP contribution in [0.2, 0.25) is 0 Å². The van der Waals surface area contributed by atoms with E-state index in [0.717, 1.165) is 5.92 Å². The minimum absolute atomic E-state index is 1.09. The van der Waals surface area contributed by atoms with Gasteiger partial charge < -0.3 is 0 Å². The van der Waals surface area contributed by atoms with Gasteiger partial charge in [0.25, 0.3) is 0 Å². The lowest BCUT2D eigenvalue weighted by atomic mass is 9.88. The molecular formula is C13H28. The number of hydrogen-bond donors (Lipinski definition) is 0. The monoisotopic (exact) mass is 184 g/mol. The van der Waals surface area contributed by atoms with Gasteiger partial charge in [-0.2, -0.15) is 0 Å². The van der Waals surface area contributed by atoms with Gasteiger partial charge in [0.2, 0.25) is 0 Å². The van der Waals surface area contributed by atoms with Gasteiger partial charge in [-0.25, -0.2) is 0 Å². The van der Waals surface area contributed by atoms with E-state index >= 15 is 0 Å². The molecule has 1 fully saturated rings. The predicted molar refractivity (Wildman–Crippen MR) is 64.1 cm³/mol. The first-order chi connectivity index (χ1) is 6.35. The van der Waals surface area contributed by atoms with Crippen LogP contribution in [0.5, 0.6) is 0 Å². The molecule has 0 aliphatic heterocycles. The maximum absolute atomic E-state index is 3.36. The van der Waals surface area contributed by atoms with E-state index in [1.54, 1.807) is 6.08 Å². The molecule has 1 aliphatic carbocycles. The second-order valence-electron chi connectivity index (χ2n) is 3.32. The third-order valence-corrected chi connectivity index (χ3v) is 2.30. The third-order valence-electron chi connectivity index (χ3n) is 2.30. The zero-order valence-corrected chi connectivity index (χ0v) is 10.1. The van der Waals surface area contributed by atoms with Gasteiger partial charge in [0.15, 0.2) is 0 Å². The van der Waals surface area contributed by atoms with Crippen molar-refractivity contribution < 1.29 is 0 Å². The normalized spacial score (nSPS) is 16.0. The highest BCUT2D eigenvalue weighted by Gasteiger charge is 2.09. The largest absolute Gasteiger partial charge is 0.103 e. The Balaban J connectivity index is 0. The zero-order valence-electron chi connectivity index (χ0n) is 10.1. The molecule has 80 valence electrons. The number of hydrogen-bond acceptors (Lipinski definition) is 0. The van der Waals surface area contributed by atoms with E-state index in [1.165, 1.54) is 38.5 Å². The summed E-state index contributed by atoms with van der Waals surface area (Å²) in [6, 6.07) is 0. The second-order valence-corrected chi connectivity index (χ2v) is 3.32. The van der Waals surface area contributed by atoms with Gasteiger partial charge in [-0.05, 0) is 12.8 Å². The van der Waals surface area contributed by atoms with Crippen LogP contribution < -0.4 is 0 Å². The van der Waals surface area contributed by atoms with Crippen LogP contribution in [0, 0.1) is 5.92 Å². The zero-order chi connectivity index (χ0) is 10.5. The SMILES string of the molecule is C=CC.CC.CCC1CCCCC1. The number of rotatable bonds is 1. The van der Waals surface area contributed by atoms with Gasteiger partial charge in [-0.15, -0.1) is 6.58 Å². The van der Waals surface area contributed by atoms with Gasteiger partial charge in [0.1, 0.15) is 0 Å². The Bertz CT molecular complexity index is 78.0. The minimum Gasteiger partial charge on any atom is -0.103 e. The van der Waals surface area contributed by atoms with E-state index in [2.05, 4.69) is 13.5 Å². The molecule has 0 amide bonds. The lowest BCUT2D eigenvalue weighted by Gasteiger charge is -2.18. The molecule has 0 radical (unpaired) electrons. The van der Waals surface area contributed by atoms with E-state index in [4.69, 9.17) is 0 Å². The molecule has 13 heavy (non-hydrogen) atoms. The van der Waals surface area contributed by atoms with Crippen molar-refractivity contribution in [1.82, 2.24) is 0 Å². The van der Waals surface area contributed by atoms with Gasteiger partial charge in [-0.3, -0.25) is 0 Å². The molecule has 1 aliphatic rings. The van der Waals surface area contributed by atoms with Crippen molar-refractivity contribution in [2.24, 2.45) is 5.92 Å². The molecule has 1 rings (SSSR count). The van der Waals surface area contributed by atoms with Crippen LogP contribution in [0.15, 0.2) is 12.7 Å². The van der Waals surface area contributed by atoms with E-state index in [-0.39, 0.29) is 0 Å². The van der Waals surface area contributed by atoms with Crippen molar-refractivity contribution in [1.29, 1.82) is 0 Å². The first-order valence-corrected chi connectivity index (χ1v) is 5.92. The fourth-order valence-electron chi connectivity index (χ4n) is 1.60.